The molecule has 2 aromatic carbocycles. The number of carboxylic acid groups (broad SMARTS) is 1. The van der Waals surface area contributed by atoms with Crippen LogP contribution in [0.1, 0.15) is 36.8 Å². The average Bonchev–Trinajstić information content (AvgIpc) is 2.94. The maximum absolute atomic E-state index is 14.9. The van der Waals surface area contributed by atoms with Crippen molar-refractivity contribution >= 4 is 17.7 Å². The lowest BCUT2D eigenvalue weighted by atomic mass is 10.1. The number of rotatable bonds is 9. The van der Waals surface area contributed by atoms with Crippen LogP contribution in [0, 0.1) is 5.82 Å². The molecule has 0 aliphatic carbocycles. The highest BCUT2D eigenvalue weighted by atomic mass is 19.1. The van der Waals surface area contributed by atoms with Gasteiger partial charge in [-0.15, -0.1) is 0 Å². The fraction of sp³-hybridized carbons (Fsp3) is 0.429. The van der Waals surface area contributed by atoms with E-state index < -0.39 is 24.0 Å². The molecular formula is C28H33F2N5O5. The Morgan fingerprint density at radius 1 is 1.18 bits per heavy atom. The summed E-state index contributed by atoms with van der Waals surface area (Å²) in [6.45, 7) is 4.02. The average molecular weight is 558 g/mol. The van der Waals surface area contributed by atoms with Gasteiger partial charge in [-0.25, -0.2) is 9.18 Å². The minimum atomic E-state index is -1.34. The quantitative estimate of drug-likeness (QED) is 0.233. The maximum Gasteiger partial charge on any atom is 0.406 e. The first-order valence-electron chi connectivity index (χ1n) is 13.5. The SMILES string of the molecule is O=C(O)NC1C=C(F)N=C(Nc2ccc(OCCCN3CCCCC3)c(F)c2)N1Cc1cccc2c1OOCC2. The summed E-state index contributed by atoms with van der Waals surface area (Å²) >= 11 is 0. The molecule has 0 bridgehead atoms. The van der Waals surface area contributed by atoms with Crippen LogP contribution in [0.4, 0.5) is 19.3 Å². The summed E-state index contributed by atoms with van der Waals surface area (Å²) in [7, 11) is 0. The second-order valence-electron chi connectivity index (χ2n) is 9.88. The number of para-hydroxylation sites is 1. The van der Waals surface area contributed by atoms with Crippen molar-refractivity contribution in [3.63, 3.8) is 0 Å². The Morgan fingerprint density at radius 3 is 2.83 bits per heavy atom. The number of nitrogens with one attached hydrogen (secondary N) is 2. The van der Waals surface area contributed by atoms with Crippen molar-refractivity contribution in [3.8, 4) is 11.5 Å². The number of hydrogen-bond acceptors (Lipinski definition) is 8. The smallest absolute Gasteiger partial charge is 0.406 e. The van der Waals surface area contributed by atoms with Gasteiger partial charge in [-0.1, -0.05) is 24.6 Å². The zero-order chi connectivity index (χ0) is 27.9. The summed E-state index contributed by atoms with van der Waals surface area (Å²) < 4.78 is 35.1. The highest BCUT2D eigenvalue weighted by Crippen LogP contribution is 2.31. The lowest BCUT2D eigenvalue weighted by Crippen LogP contribution is -2.52. The normalized spacial score (nSPS) is 19.1. The van der Waals surface area contributed by atoms with Gasteiger partial charge in [0.15, 0.2) is 17.3 Å². The van der Waals surface area contributed by atoms with E-state index in [1.807, 2.05) is 12.1 Å². The number of nitrogens with zero attached hydrogens (tertiary/aromatic N) is 3. The first-order chi connectivity index (χ1) is 19.5. The van der Waals surface area contributed by atoms with Gasteiger partial charge in [-0.3, -0.25) is 5.32 Å². The van der Waals surface area contributed by atoms with Crippen LogP contribution in [0.15, 0.2) is 53.4 Å². The molecule has 1 saturated heterocycles. The minimum absolute atomic E-state index is 0.0114. The molecule has 0 radical (unpaired) electrons. The van der Waals surface area contributed by atoms with Crippen LogP contribution in [-0.2, 0) is 17.9 Å². The van der Waals surface area contributed by atoms with Crippen molar-refractivity contribution in [2.45, 2.75) is 44.8 Å². The lowest BCUT2D eigenvalue weighted by molar-refractivity contribution is -0.215. The molecule has 1 unspecified atom stereocenters. The fourth-order valence-corrected chi connectivity index (χ4v) is 5.05. The van der Waals surface area contributed by atoms with Gasteiger partial charge in [-0.05, 0) is 44.5 Å². The summed E-state index contributed by atoms with van der Waals surface area (Å²) in [6.07, 6.45) is 3.78. The number of carbonyl (C=O) groups is 1. The predicted octanol–water partition coefficient (Wildman–Crippen LogP) is 4.64. The predicted molar refractivity (Wildman–Crippen MR) is 144 cm³/mol. The molecule has 1 fully saturated rings. The standard InChI is InChI=1S/C28H33F2N5O5/c29-22-16-21(8-9-23(22)38-14-5-13-34-11-2-1-3-12-34)31-27-32-24(30)17-25(33-28(36)37)35(27)18-20-7-4-6-19-10-15-39-40-26(19)20/h4,6-9,16-17,25,33H,1-3,5,10-15,18H2,(H,31,32)(H,36,37). The molecule has 10 nitrogen and oxygen atoms in total. The third kappa shape index (κ3) is 6.99. The lowest BCUT2D eigenvalue weighted by Gasteiger charge is -2.35. The maximum atomic E-state index is 14.9. The molecule has 0 saturated carbocycles. The first kappa shape index (κ1) is 27.7. The molecular weight excluding hydrogens is 524 g/mol. The van der Waals surface area contributed by atoms with Gasteiger partial charge < -0.3 is 29.8 Å². The van der Waals surface area contributed by atoms with E-state index in [0.717, 1.165) is 37.7 Å². The Balaban J connectivity index is 1.28. The van der Waals surface area contributed by atoms with Gasteiger partial charge in [0.05, 0.1) is 19.8 Å². The summed E-state index contributed by atoms with van der Waals surface area (Å²) in [5.41, 5.74) is 1.91. The summed E-state index contributed by atoms with van der Waals surface area (Å²) in [5, 5.41) is 14.6. The first-order valence-corrected chi connectivity index (χ1v) is 13.5. The molecule has 1 atom stereocenters. The number of benzene rings is 2. The largest absolute Gasteiger partial charge is 0.490 e. The summed E-state index contributed by atoms with van der Waals surface area (Å²) in [4.78, 5) is 29.9. The van der Waals surface area contributed by atoms with Crippen molar-refractivity contribution in [1.82, 2.24) is 15.1 Å². The van der Waals surface area contributed by atoms with E-state index in [2.05, 4.69) is 20.5 Å². The number of aliphatic imine (C=N–C) groups is 1. The van der Waals surface area contributed by atoms with Crippen LogP contribution >= 0.6 is 0 Å². The highest BCUT2D eigenvalue weighted by Gasteiger charge is 2.29. The van der Waals surface area contributed by atoms with Crippen molar-refractivity contribution in [3.05, 3.63) is 65.4 Å². The van der Waals surface area contributed by atoms with E-state index in [-0.39, 0.29) is 18.3 Å². The third-order valence-electron chi connectivity index (χ3n) is 7.02. The zero-order valence-corrected chi connectivity index (χ0v) is 22.1. The van der Waals surface area contributed by atoms with E-state index in [0.29, 0.717) is 36.6 Å². The molecule has 3 aliphatic rings. The summed E-state index contributed by atoms with van der Waals surface area (Å²) in [5.74, 6) is -0.838. The van der Waals surface area contributed by atoms with Gasteiger partial charge in [0, 0.05) is 41.9 Å². The Labute approximate surface area is 231 Å². The van der Waals surface area contributed by atoms with E-state index >= 15 is 0 Å². The van der Waals surface area contributed by atoms with Crippen LogP contribution < -0.4 is 20.3 Å². The minimum Gasteiger partial charge on any atom is -0.490 e. The van der Waals surface area contributed by atoms with Crippen LogP contribution in [0.3, 0.4) is 0 Å². The summed E-state index contributed by atoms with van der Waals surface area (Å²) in [6, 6.07) is 9.91. The highest BCUT2D eigenvalue weighted by molar-refractivity contribution is 5.95. The monoisotopic (exact) mass is 557 g/mol. The number of fused-ring (bicyclic) bond motifs is 1. The molecule has 3 aliphatic heterocycles. The number of likely N-dealkylation sites (tertiary alicyclic amines) is 1. The van der Waals surface area contributed by atoms with Crippen LogP contribution in [0.2, 0.25) is 0 Å². The Hall–Kier alpha value is -3.90. The van der Waals surface area contributed by atoms with Gasteiger partial charge in [0.25, 0.3) is 0 Å². The van der Waals surface area contributed by atoms with Gasteiger partial charge in [0.1, 0.15) is 6.17 Å². The molecule has 12 heteroatoms. The van der Waals surface area contributed by atoms with Crippen molar-refractivity contribution in [2.24, 2.45) is 4.99 Å². The fourth-order valence-electron chi connectivity index (χ4n) is 5.05. The number of piperidine rings is 1. The van der Waals surface area contributed by atoms with Crippen molar-refractivity contribution in [1.29, 1.82) is 0 Å². The molecule has 0 spiro atoms. The Morgan fingerprint density at radius 2 is 2.02 bits per heavy atom. The Kier molecular flexibility index (Phi) is 8.97. The molecule has 40 heavy (non-hydrogen) atoms. The van der Waals surface area contributed by atoms with E-state index in [9.17, 15) is 18.7 Å². The third-order valence-corrected chi connectivity index (χ3v) is 7.02. The van der Waals surface area contributed by atoms with E-state index in [1.54, 1.807) is 12.1 Å². The zero-order valence-electron chi connectivity index (χ0n) is 22.1. The molecule has 3 heterocycles. The molecule has 2 aromatic rings. The molecule has 0 aromatic heterocycles. The number of halogens is 2. The van der Waals surface area contributed by atoms with Gasteiger partial charge >= 0.3 is 6.09 Å². The molecule has 214 valence electrons. The van der Waals surface area contributed by atoms with Crippen molar-refractivity contribution < 1.29 is 33.2 Å². The Bertz CT molecular complexity index is 1270. The van der Waals surface area contributed by atoms with Crippen molar-refractivity contribution in [2.75, 3.05) is 38.2 Å². The second-order valence-corrected chi connectivity index (χ2v) is 9.88. The number of hydrogen-bond donors (Lipinski definition) is 3. The number of guanidine groups is 1. The topological polar surface area (TPSA) is 108 Å². The number of anilines is 1. The van der Waals surface area contributed by atoms with E-state index in [1.165, 1.54) is 36.3 Å². The van der Waals surface area contributed by atoms with E-state index in [4.69, 9.17) is 14.5 Å². The van der Waals surface area contributed by atoms with Gasteiger partial charge in [0.2, 0.25) is 11.9 Å². The van der Waals surface area contributed by atoms with Crippen LogP contribution in [0.25, 0.3) is 0 Å². The van der Waals surface area contributed by atoms with Crippen LogP contribution in [-0.4, -0.2) is 66.0 Å². The molecule has 5 rings (SSSR count). The number of ether oxygens (including phenoxy) is 1. The second kappa shape index (κ2) is 13.0. The van der Waals surface area contributed by atoms with Crippen LogP contribution in [0.5, 0.6) is 11.5 Å². The number of amides is 1. The molecule has 3 N–H and O–H groups in total. The molecule has 1 amide bonds. The van der Waals surface area contributed by atoms with Gasteiger partial charge in [-0.2, -0.15) is 14.3 Å².